The van der Waals surface area contributed by atoms with Gasteiger partial charge in [-0.1, -0.05) is 25.0 Å². The molecule has 2 heterocycles. The lowest BCUT2D eigenvalue weighted by Gasteiger charge is -2.22. The molecule has 0 saturated carbocycles. The zero-order valence-corrected chi connectivity index (χ0v) is 16.2. The summed E-state index contributed by atoms with van der Waals surface area (Å²) >= 11 is 0. The van der Waals surface area contributed by atoms with Crippen LogP contribution in [-0.4, -0.2) is 28.8 Å². The van der Waals surface area contributed by atoms with Gasteiger partial charge < -0.3 is 10.2 Å². The Morgan fingerprint density at radius 2 is 1.55 bits per heavy atom. The number of nitrogens with zero attached hydrogens (tertiary/aromatic N) is 2. The summed E-state index contributed by atoms with van der Waals surface area (Å²) in [7, 11) is 0. The van der Waals surface area contributed by atoms with E-state index in [2.05, 4.69) is 15.3 Å². The van der Waals surface area contributed by atoms with Crippen molar-refractivity contribution in [3.8, 4) is 0 Å². The molecule has 0 radical (unpaired) electrons. The number of benzene rings is 2. The summed E-state index contributed by atoms with van der Waals surface area (Å²) in [6, 6.07) is 14.3. The average molecular weight is 392 g/mol. The van der Waals surface area contributed by atoms with E-state index in [0.29, 0.717) is 16.5 Å². The van der Waals surface area contributed by atoms with Crippen LogP contribution in [0.5, 0.6) is 0 Å². The molecule has 2 aromatic carbocycles. The van der Waals surface area contributed by atoms with Gasteiger partial charge in [-0.15, -0.1) is 0 Å². The lowest BCUT2D eigenvalue weighted by Crippen LogP contribution is -2.34. The zero-order valence-electron chi connectivity index (χ0n) is 16.2. The number of carbonyl (C=O) groups excluding carboxylic acids is 1. The molecule has 1 aliphatic heterocycles. The summed E-state index contributed by atoms with van der Waals surface area (Å²) in [4.78, 5) is 39.5. The molecule has 1 aliphatic rings. The van der Waals surface area contributed by atoms with Crippen molar-refractivity contribution in [2.24, 2.45) is 0 Å². The number of hydrogen-bond acceptors (Lipinski definition) is 4. The molecular weight excluding hydrogens is 368 g/mol. The van der Waals surface area contributed by atoms with E-state index in [0.717, 1.165) is 23.5 Å². The molecule has 1 amide bonds. The quantitative estimate of drug-likeness (QED) is 0.715. The van der Waals surface area contributed by atoms with Crippen molar-refractivity contribution in [1.29, 1.82) is 0 Å². The van der Waals surface area contributed by atoms with Crippen molar-refractivity contribution >= 4 is 28.1 Å². The summed E-state index contributed by atoms with van der Waals surface area (Å²) in [5.41, 5.74) is 1.02. The molecule has 0 spiro atoms. The molecule has 7 heteroatoms. The second kappa shape index (κ2) is 8.34. The molecule has 2 N–H and O–H groups in total. The number of hydrogen-bond donors (Lipinski definition) is 2. The monoisotopic (exact) mass is 392 g/mol. The fourth-order valence-electron chi connectivity index (χ4n) is 3.79. The summed E-state index contributed by atoms with van der Waals surface area (Å²) < 4.78 is 1.05. The van der Waals surface area contributed by atoms with Gasteiger partial charge in [-0.2, -0.15) is 0 Å². The van der Waals surface area contributed by atoms with E-state index in [9.17, 15) is 14.4 Å². The second-order valence-corrected chi connectivity index (χ2v) is 7.37. The van der Waals surface area contributed by atoms with Crippen molar-refractivity contribution < 1.29 is 4.79 Å². The molecule has 4 rings (SSSR count). The van der Waals surface area contributed by atoms with Crippen molar-refractivity contribution in [3.05, 3.63) is 69.2 Å². The molecule has 7 nitrogen and oxygen atoms in total. The number of anilines is 2. The summed E-state index contributed by atoms with van der Waals surface area (Å²) in [6.07, 6.45) is 4.97. The van der Waals surface area contributed by atoms with Crippen LogP contribution >= 0.6 is 0 Å². The smallest absolute Gasteiger partial charge is 0.273 e. The standard InChI is InChI=1S/C22H24N4O3/c27-20(15-26-22(29)19-8-4-3-7-18(19)21(28)24-26)23-16-9-11-17(12-10-16)25-13-5-1-2-6-14-25/h3-4,7-12H,1-2,5-6,13-15H2,(H,23,27)(H,24,28). The van der Waals surface area contributed by atoms with Gasteiger partial charge in [-0.05, 0) is 49.2 Å². The first-order valence-corrected chi connectivity index (χ1v) is 9.98. The zero-order chi connectivity index (χ0) is 20.2. The topological polar surface area (TPSA) is 87.2 Å². The third kappa shape index (κ3) is 4.23. The molecule has 3 aromatic rings. The molecule has 0 aliphatic carbocycles. The highest BCUT2D eigenvalue weighted by atomic mass is 16.2. The van der Waals surface area contributed by atoms with Crippen LogP contribution in [0.1, 0.15) is 25.7 Å². The molecule has 1 aromatic heterocycles. The third-order valence-corrected chi connectivity index (χ3v) is 5.31. The van der Waals surface area contributed by atoms with Crippen LogP contribution < -0.4 is 21.3 Å². The lowest BCUT2D eigenvalue weighted by atomic mass is 10.2. The number of H-pyrrole nitrogens is 1. The Bertz CT molecular complexity index is 1120. The van der Waals surface area contributed by atoms with Crippen molar-refractivity contribution in [1.82, 2.24) is 9.78 Å². The normalized spacial score (nSPS) is 14.6. The molecule has 1 saturated heterocycles. The average Bonchev–Trinajstić information content (AvgIpc) is 3.02. The van der Waals surface area contributed by atoms with Gasteiger partial charge >= 0.3 is 0 Å². The van der Waals surface area contributed by atoms with Gasteiger partial charge in [-0.3, -0.25) is 19.5 Å². The maximum Gasteiger partial charge on any atom is 0.273 e. The summed E-state index contributed by atoms with van der Waals surface area (Å²) in [5.74, 6) is -0.374. The van der Waals surface area contributed by atoms with E-state index in [-0.39, 0.29) is 12.5 Å². The number of rotatable bonds is 4. The van der Waals surface area contributed by atoms with Crippen molar-refractivity contribution in [3.63, 3.8) is 0 Å². The van der Waals surface area contributed by atoms with Crippen LogP contribution in [0, 0.1) is 0 Å². The maximum absolute atomic E-state index is 12.5. The van der Waals surface area contributed by atoms with Crippen LogP contribution in [0.15, 0.2) is 58.1 Å². The van der Waals surface area contributed by atoms with Crippen molar-refractivity contribution in [2.45, 2.75) is 32.2 Å². The maximum atomic E-state index is 12.5. The third-order valence-electron chi connectivity index (χ3n) is 5.31. The Morgan fingerprint density at radius 3 is 2.24 bits per heavy atom. The van der Waals surface area contributed by atoms with Gasteiger partial charge in [0.05, 0.1) is 10.8 Å². The predicted octanol–water partition coefficient (Wildman–Crippen LogP) is 2.71. The second-order valence-electron chi connectivity index (χ2n) is 7.37. The molecule has 0 bridgehead atoms. The first-order chi connectivity index (χ1) is 14.1. The number of nitrogens with one attached hydrogen (secondary N) is 2. The minimum atomic E-state index is -0.396. The molecule has 150 valence electrons. The minimum Gasteiger partial charge on any atom is -0.372 e. The van der Waals surface area contributed by atoms with E-state index in [1.54, 1.807) is 24.3 Å². The van der Waals surface area contributed by atoms with Crippen LogP contribution in [0.2, 0.25) is 0 Å². The van der Waals surface area contributed by atoms with Crippen LogP contribution in [0.3, 0.4) is 0 Å². The molecule has 0 atom stereocenters. The summed E-state index contributed by atoms with van der Waals surface area (Å²) in [6.45, 7) is 1.86. The predicted molar refractivity (Wildman–Crippen MR) is 115 cm³/mol. The highest BCUT2D eigenvalue weighted by Gasteiger charge is 2.12. The first kappa shape index (κ1) is 19.0. The largest absolute Gasteiger partial charge is 0.372 e. The number of aromatic nitrogens is 2. The molecule has 29 heavy (non-hydrogen) atoms. The molecule has 1 fully saturated rings. The molecule has 0 unspecified atom stereocenters. The lowest BCUT2D eigenvalue weighted by molar-refractivity contribution is -0.117. The van der Waals surface area contributed by atoms with Gasteiger partial charge in [0.2, 0.25) is 5.91 Å². The van der Waals surface area contributed by atoms with E-state index in [4.69, 9.17) is 0 Å². The van der Waals surface area contributed by atoms with Gasteiger partial charge in [0.1, 0.15) is 6.54 Å². The number of carbonyl (C=O) groups is 1. The van der Waals surface area contributed by atoms with Crippen LogP contribution in [0.4, 0.5) is 11.4 Å². The van der Waals surface area contributed by atoms with Gasteiger partial charge in [-0.25, -0.2) is 4.68 Å². The highest BCUT2D eigenvalue weighted by molar-refractivity contribution is 5.91. The highest BCUT2D eigenvalue weighted by Crippen LogP contribution is 2.21. The number of amides is 1. The Balaban J connectivity index is 1.46. The number of aromatic amines is 1. The number of fused-ring (bicyclic) bond motifs is 1. The van der Waals surface area contributed by atoms with Crippen LogP contribution in [0.25, 0.3) is 10.8 Å². The fraction of sp³-hybridized carbons (Fsp3) is 0.318. The Labute approximate surface area is 167 Å². The van der Waals surface area contributed by atoms with Gasteiger partial charge in [0.25, 0.3) is 11.1 Å². The minimum absolute atomic E-state index is 0.257. The van der Waals surface area contributed by atoms with Gasteiger partial charge in [0, 0.05) is 24.5 Å². The Morgan fingerprint density at radius 1 is 0.897 bits per heavy atom. The van der Waals surface area contributed by atoms with E-state index in [1.165, 1.54) is 25.7 Å². The first-order valence-electron chi connectivity index (χ1n) is 9.98. The summed E-state index contributed by atoms with van der Waals surface area (Å²) in [5, 5.41) is 5.88. The SMILES string of the molecule is O=C(Cn1[nH]c(=O)c2ccccc2c1=O)Nc1ccc(N2CCCCCC2)cc1. The fourth-order valence-corrected chi connectivity index (χ4v) is 3.79. The Hall–Kier alpha value is -3.35. The van der Waals surface area contributed by atoms with Crippen molar-refractivity contribution in [2.75, 3.05) is 23.3 Å². The molecular formula is C22H24N4O3. The Kier molecular flexibility index (Phi) is 5.46. The van der Waals surface area contributed by atoms with E-state index in [1.807, 2.05) is 24.3 Å². The van der Waals surface area contributed by atoms with Gasteiger partial charge in [0.15, 0.2) is 0 Å². The van der Waals surface area contributed by atoms with E-state index < -0.39 is 11.1 Å². The van der Waals surface area contributed by atoms with Crippen LogP contribution in [-0.2, 0) is 11.3 Å². The van der Waals surface area contributed by atoms with E-state index >= 15 is 0 Å².